The maximum Gasteiger partial charge on any atom is 0.150 e. The molecule has 1 saturated heterocycles. The molecule has 4 nitrogen and oxygen atoms in total. The highest BCUT2D eigenvalue weighted by molar-refractivity contribution is 6.29. The summed E-state index contributed by atoms with van der Waals surface area (Å²) in [6.07, 6.45) is 7.24. The zero-order valence-corrected chi connectivity index (χ0v) is 14.0. The van der Waals surface area contributed by atoms with Gasteiger partial charge in [0.2, 0.25) is 0 Å². The Labute approximate surface area is 145 Å². The van der Waals surface area contributed by atoms with E-state index in [0.717, 1.165) is 48.2 Å². The lowest BCUT2D eigenvalue weighted by molar-refractivity contribution is -0.0367. The second-order valence-electron chi connectivity index (χ2n) is 5.90. The van der Waals surface area contributed by atoms with Gasteiger partial charge in [-0.05, 0) is 43.0 Å². The van der Waals surface area contributed by atoms with Gasteiger partial charge in [-0.15, -0.1) is 0 Å². The van der Waals surface area contributed by atoms with Crippen molar-refractivity contribution in [2.24, 2.45) is 0 Å². The van der Waals surface area contributed by atoms with Crippen molar-refractivity contribution in [1.82, 2.24) is 14.8 Å². The normalized spacial score (nSPS) is 18.5. The summed E-state index contributed by atoms with van der Waals surface area (Å²) in [5, 5.41) is 5.23. The van der Waals surface area contributed by atoms with Crippen LogP contribution in [0.15, 0.2) is 42.5 Å². The Morgan fingerprint density at radius 1 is 1.08 bits per heavy atom. The highest BCUT2D eigenvalue weighted by atomic mass is 35.5. The quantitative estimate of drug-likeness (QED) is 0.633. The van der Waals surface area contributed by atoms with Gasteiger partial charge in [0.15, 0.2) is 6.23 Å². The van der Waals surface area contributed by atoms with E-state index in [9.17, 15) is 0 Å². The number of ether oxygens (including phenoxy) is 1. The van der Waals surface area contributed by atoms with Gasteiger partial charge < -0.3 is 4.74 Å². The third-order valence-electron chi connectivity index (χ3n) is 4.21. The Hall–Kier alpha value is -2.17. The van der Waals surface area contributed by atoms with Crippen molar-refractivity contribution in [2.75, 3.05) is 6.61 Å². The first kappa shape index (κ1) is 15.4. The number of pyridine rings is 1. The molecule has 1 fully saturated rings. The number of fused-ring (bicyclic) bond motifs is 1. The molecule has 24 heavy (non-hydrogen) atoms. The summed E-state index contributed by atoms with van der Waals surface area (Å²) in [6.45, 7) is 0.780. The average Bonchev–Trinajstić information content (AvgIpc) is 2.99. The maximum absolute atomic E-state index is 6.10. The van der Waals surface area contributed by atoms with Gasteiger partial charge in [-0.1, -0.05) is 48.0 Å². The molecule has 0 N–H and O–H groups in total. The van der Waals surface area contributed by atoms with Crippen LogP contribution in [0.4, 0.5) is 0 Å². The molecule has 0 radical (unpaired) electrons. The van der Waals surface area contributed by atoms with Crippen molar-refractivity contribution in [3.05, 3.63) is 58.9 Å². The van der Waals surface area contributed by atoms with E-state index in [1.54, 1.807) is 6.07 Å². The molecule has 0 amide bonds. The van der Waals surface area contributed by atoms with E-state index in [2.05, 4.69) is 17.1 Å². The Morgan fingerprint density at radius 3 is 2.75 bits per heavy atom. The van der Waals surface area contributed by atoms with Crippen LogP contribution in [0.2, 0.25) is 5.15 Å². The molecular weight excluding hydrogens is 322 g/mol. The fourth-order valence-electron chi connectivity index (χ4n) is 3.01. The van der Waals surface area contributed by atoms with Gasteiger partial charge in [0.05, 0.1) is 5.52 Å². The molecule has 3 heterocycles. The van der Waals surface area contributed by atoms with E-state index < -0.39 is 0 Å². The van der Waals surface area contributed by atoms with Crippen LogP contribution in [0.5, 0.6) is 0 Å². The topological polar surface area (TPSA) is 39.9 Å². The lowest BCUT2D eigenvalue weighted by atomic mass is 10.2. The second kappa shape index (κ2) is 6.75. The zero-order chi connectivity index (χ0) is 16.4. The molecule has 1 unspecified atom stereocenters. The Morgan fingerprint density at radius 2 is 1.96 bits per heavy atom. The van der Waals surface area contributed by atoms with Gasteiger partial charge in [0.1, 0.15) is 16.4 Å². The molecule has 1 aromatic carbocycles. The minimum Gasteiger partial charge on any atom is -0.356 e. The Kier molecular flexibility index (Phi) is 4.32. The highest BCUT2D eigenvalue weighted by Gasteiger charge is 2.21. The molecular formula is C19H18ClN3O. The minimum absolute atomic E-state index is 0.0249. The molecule has 0 saturated carbocycles. The molecule has 0 spiro atoms. The third kappa shape index (κ3) is 3.07. The largest absolute Gasteiger partial charge is 0.356 e. The number of hydrogen-bond acceptors (Lipinski definition) is 3. The summed E-state index contributed by atoms with van der Waals surface area (Å²) in [5.74, 6) is 0. The van der Waals surface area contributed by atoms with Gasteiger partial charge >= 0.3 is 0 Å². The number of halogens is 1. The number of benzene rings is 1. The van der Waals surface area contributed by atoms with Crippen LogP contribution >= 0.6 is 11.6 Å². The van der Waals surface area contributed by atoms with Crippen molar-refractivity contribution in [3.8, 4) is 0 Å². The SMILES string of the molecule is Clc1ccc2c(n1)c(C=Cc1ccccc1)nn2C1CCCCO1. The molecule has 3 aromatic rings. The number of nitrogens with zero attached hydrogens (tertiary/aromatic N) is 3. The van der Waals surface area contributed by atoms with Gasteiger partial charge in [0, 0.05) is 6.61 Å². The van der Waals surface area contributed by atoms with E-state index >= 15 is 0 Å². The highest BCUT2D eigenvalue weighted by Crippen LogP contribution is 2.28. The molecule has 4 rings (SSSR count). The van der Waals surface area contributed by atoms with Gasteiger partial charge in [0.25, 0.3) is 0 Å². The molecule has 5 heteroatoms. The summed E-state index contributed by atoms with van der Waals surface area (Å²) >= 11 is 6.10. The van der Waals surface area contributed by atoms with Crippen molar-refractivity contribution in [2.45, 2.75) is 25.5 Å². The standard InChI is InChI=1S/C19H18ClN3O/c20-17-12-11-16-19(21-17)15(10-9-14-6-2-1-3-7-14)22-23(16)18-8-4-5-13-24-18/h1-3,6-7,9-12,18H,4-5,8,13H2. The zero-order valence-electron chi connectivity index (χ0n) is 13.2. The third-order valence-corrected chi connectivity index (χ3v) is 4.42. The number of aromatic nitrogens is 3. The molecule has 0 bridgehead atoms. The smallest absolute Gasteiger partial charge is 0.150 e. The van der Waals surface area contributed by atoms with Gasteiger partial charge in [-0.3, -0.25) is 0 Å². The first-order valence-electron chi connectivity index (χ1n) is 8.21. The second-order valence-corrected chi connectivity index (χ2v) is 6.28. The molecule has 122 valence electrons. The maximum atomic E-state index is 6.10. The molecule has 2 aromatic heterocycles. The van der Waals surface area contributed by atoms with E-state index in [1.807, 2.05) is 41.1 Å². The lowest BCUT2D eigenvalue weighted by Crippen LogP contribution is -2.19. The van der Waals surface area contributed by atoms with E-state index in [0.29, 0.717) is 5.15 Å². The minimum atomic E-state index is -0.0249. The van der Waals surface area contributed by atoms with Crippen LogP contribution in [0.1, 0.15) is 36.7 Å². The molecule has 1 aliphatic heterocycles. The Balaban J connectivity index is 1.77. The van der Waals surface area contributed by atoms with E-state index in [4.69, 9.17) is 21.4 Å². The predicted octanol–water partition coefficient (Wildman–Crippen LogP) is 4.95. The summed E-state index contributed by atoms with van der Waals surface area (Å²) in [5.41, 5.74) is 3.70. The van der Waals surface area contributed by atoms with Crippen LogP contribution in [-0.4, -0.2) is 21.4 Å². The van der Waals surface area contributed by atoms with Crippen LogP contribution in [0, 0.1) is 0 Å². The molecule has 0 aliphatic carbocycles. The van der Waals surface area contributed by atoms with Gasteiger partial charge in [-0.2, -0.15) is 5.10 Å². The van der Waals surface area contributed by atoms with Crippen molar-refractivity contribution < 1.29 is 4.74 Å². The van der Waals surface area contributed by atoms with Crippen LogP contribution in [-0.2, 0) is 4.74 Å². The van der Waals surface area contributed by atoms with Crippen LogP contribution in [0.25, 0.3) is 23.2 Å². The fourth-order valence-corrected chi connectivity index (χ4v) is 3.15. The van der Waals surface area contributed by atoms with Crippen LogP contribution in [0.3, 0.4) is 0 Å². The summed E-state index contributed by atoms with van der Waals surface area (Å²) < 4.78 is 7.84. The molecule has 1 atom stereocenters. The summed E-state index contributed by atoms with van der Waals surface area (Å²) in [7, 11) is 0. The van der Waals surface area contributed by atoms with Gasteiger partial charge in [-0.25, -0.2) is 9.67 Å². The van der Waals surface area contributed by atoms with E-state index in [-0.39, 0.29) is 6.23 Å². The van der Waals surface area contributed by atoms with Crippen molar-refractivity contribution in [1.29, 1.82) is 0 Å². The van der Waals surface area contributed by atoms with Crippen molar-refractivity contribution in [3.63, 3.8) is 0 Å². The summed E-state index contributed by atoms with van der Waals surface area (Å²) in [6, 6.07) is 13.9. The first-order valence-corrected chi connectivity index (χ1v) is 8.58. The lowest BCUT2D eigenvalue weighted by Gasteiger charge is -2.23. The number of rotatable bonds is 3. The average molecular weight is 340 g/mol. The van der Waals surface area contributed by atoms with Crippen molar-refractivity contribution >= 4 is 34.8 Å². The number of hydrogen-bond donors (Lipinski definition) is 0. The fraction of sp³-hybridized carbons (Fsp3) is 0.263. The molecule has 1 aliphatic rings. The first-order chi connectivity index (χ1) is 11.8. The van der Waals surface area contributed by atoms with E-state index in [1.165, 1.54) is 0 Å². The predicted molar refractivity (Wildman–Crippen MR) is 96.7 cm³/mol. The summed E-state index contributed by atoms with van der Waals surface area (Å²) in [4.78, 5) is 4.48. The monoisotopic (exact) mass is 339 g/mol. The Bertz CT molecular complexity index is 867. The van der Waals surface area contributed by atoms with Crippen LogP contribution < -0.4 is 0 Å².